The van der Waals surface area contributed by atoms with Crippen molar-refractivity contribution in [2.24, 2.45) is 0 Å². The lowest BCUT2D eigenvalue weighted by atomic mass is 9.97. The molecule has 0 bridgehead atoms. The third kappa shape index (κ3) is 2.19. The maximum absolute atomic E-state index is 13.2. The number of nitrogens with one attached hydrogen (secondary N) is 2. The Morgan fingerprint density at radius 1 is 1.08 bits per heavy atom. The Kier molecular flexibility index (Phi) is 3.37. The van der Waals surface area contributed by atoms with Crippen LogP contribution in [0.15, 0.2) is 18.2 Å². The highest BCUT2D eigenvalue weighted by Crippen LogP contribution is 2.58. The van der Waals surface area contributed by atoms with Crippen LogP contribution in [-0.2, 0) is 19.8 Å². The van der Waals surface area contributed by atoms with Gasteiger partial charge in [0.15, 0.2) is 0 Å². The Hall–Kier alpha value is -2.41. The Bertz CT molecular complexity index is 811. The molecule has 1 atom stereocenters. The lowest BCUT2D eigenvalue weighted by Crippen LogP contribution is -2.54. The van der Waals surface area contributed by atoms with E-state index in [9.17, 15) is 14.4 Å². The van der Waals surface area contributed by atoms with Crippen molar-refractivity contribution in [1.82, 2.24) is 10.6 Å². The molecule has 136 valence electrons. The molecule has 7 nitrogen and oxygen atoms in total. The van der Waals surface area contributed by atoms with E-state index in [1.165, 1.54) is 0 Å². The monoisotopic (exact) mass is 354 g/mol. The van der Waals surface area contributed by atoms with Crippen LogP contribution in [-0.4, -0.2) is 49.9 Å². The quantitative estimate of drug-likeness (QED) is 0.746. The summed E-state index contributed by atoms with van der Waals surface area (Å²) >= 11 is 0. The van der Waals surface area contributed by atoms with E-state index in [1.807, 2.05) is 6.07 Å². The van der Waals surface area contributed by atoms with Gasteiger partial charge in [0, 0.05) is 44.0 Å². The van der Waals surface area contributed by atoms with Gasteiger partial charge in [0.1, 0.15) is 6.04 Å². The number of carbonyl (C=O) groups is 3. The highest BCUT2D eigenvalue weighted by atomic mass is 16.2. The second kappa shape index (κ2) is 5.54. The molecule has 3 heterocycles. The van der Waals surface area contributed by atoms with E-state index in [0.717, 1.165) is 56.0 Å². The maximum Gasteiger partial charge on any atom is 0.249 e. The van der Waals surface area contributed by atoms with Gasteiger partial charge in [0.2, 0.25) is 17.7 Å². The van der Waals surface area contributed by atoms with E-state index < -0.39 is 11.5 Å². The van der Waals surface area contributed by atoms with Gasteiger partial charge in [-0.3, -0.25) is 24.6 Å². The van der Waals surface area contributed by atoms with Crippen LogP contribution >= 0.6 is 0 Å². The second-order valence-electron chi connectivity index (χ2n) is 7.66. The van der Waals surface area contributed by atoms with Gasteiger partial charge in [0.05, 0.1) is 5.41 Å². The fourth-order valence-electron chi connectivity index (χ4n) is 4.54. The van der Waals surface area contributed by atoms with Crippen LogP contribution in [0.4, 0.5) is 11.4 Å². The van der Waals surface area contributed by atoms with Crippen molar-refractivity contribution in [1.29, 1.82) is 0 Å². The number of piperidine rings is 1. The van der Waals surface area contributed by atoms with Crippen LogP contribution in [0, 0.1) is 0 Å². The minimum absolute atomic E-state index is 0.0273. The van der Waals surface area contributed by atoms with Gasteiger partial charge >= 0.3 is 0 Å². The van der Waals surface area contributed by atoms with Crippen molar-refractivity contribution < 1.29 is 14.4 Å². The van der Waals surface area contributed by atoms with Crippen molar-refractivity contribution in [2.45, 2.75) is 37.1 Å². The predicted molar refractivity (Wildman–Crippen MR) is 96.1 cm³/mol. The van der Waals surface area contributed by atoms with Gasteiger partial charge in [-0.2, -0.15) is 0 Å². The molecule has 1 aliphatic carbocycles. The first-order valence-electron chi connectivity index (χ1n) is 9.38. The number of carbonyl (C=O) groups excluding carboxylic acids is 3. The average molecular weight is 354 g/mol. The first-order chi connectivity index (χ1) is 12.6. The van der Waals surface area contributed by atoms with Crippen molar-refractivity contribution in [2.75, 3.05) is 36.0 Å². The number of nitrogens with zero attached hydrogens (tertiary/aromatic N) is 2. The third-order valence-corrected chi connectivity index (χ3v) is 6.14. The standard InChI is InChI=1S/C19H22N4O3/c24-16-4-3-15(17(25)21-16)23-14-2-1-12(22-9-7-20-8-10-22)11-13(14)19(5-6-19)18(23)26/h1-2,11,15,20H,3-10H2,(H,21,24,25). The van der Waals surface area contributed by atoms with Gasteiger partial charge in [-0.05, 0) is 43.0 Å². The van der Waals surface area contributed by atoms with Crippen molar-refractivity contribution in [3.05, 3.63) is 23.8 Å². The summed E-state index contributed by atoms with van der Waals surface area (Å²) in [5.41, 5.74) is 2.61. The number of amides is 3. The van der Waals surface area contributed by atoms with Crippen LogP contribution in [0.25, 0.3) is 0 Å². The van der Waals surface area contributed by atoms with Crippen molar-refractivity contribution >= 4 is 29.1 Å². The van der Waals surface area contributed by atoms with Crippen LogP contribution in [0.3, 0.4) is 0 Å². The molecule has 0 aromatic heterocycles. The van der Waals surface area contributed by atoms with Gasteiger partial charge in [-0.1, -0.05) is 0 Å². The van der Waals surface area contributed by atoms with Gasteiger partial charge in [-0.25, -0.2) is 0 Å². The molecule has 3 aliphatic heterocycles. The van der Waals surface area contributed by atoms with Crippen LogP contribution in [0.1, 0.15) is 31.2 Å². The van der Waals surface area contributed by atoms with Crippen LogP contribution in [0.5, 0.6) is 0 Å². The Labute approximate surface area is 151 Å². The van der Waals surface area contributed by atoms with Crippen molar-refractivity contribution in [3.8, 4) is 0 Å². The zero-order valence-corrected chi connectivity index (χ0v) is 14.6. The number of hydrogen-bond donors (Lipinski definition) is 2. The largest absolute Gasteiger partial charge is 0.369 e. The third-order valence-electron chi connectivity index (χ3n) is 6.14. The first kappa shape index (κ1) is 15.8. The molecule has 4 aliphatic rings. The van der Waals surface area contributed by atoms with Gasteiger partial charge < -0.3 is 10.2 Å². The summed E-state index contributed by atoms with van der Waals surface area (Å²) in [6.45, 7) is 3.83. The summed E-state index contributed by atoms with van der Waals surface area (Å²) in [6, 6.07) is 5.61. The zero-order chi connectivity index (χ0) is 17.9. The molecule has 3 amide bonds. The molecule has 0 radical (unpaired) electrons. The van der Waals surface area contributed by atoms with Crippen LogP contribution in [0.2, 0.25) is 0 Å². The van der Waals surface area contributed by atoms with E-state index in [1.54, 1.807) is 4.90 Å². The molecule has 1 saturated carbocycles. The average Bonchev–Trinajstić information content (AvgIpc) is 3.42. The molecule has 1 spiro atoms. The van der Waals surface area contributed by atoms with E-state index >= 15 is 0 Å². The fraction of sp³-hybridized carbons (Fsp3) is 0.526. The van der Waals surface area contributed by atoms with E-state index in [0.29, 0.717) is 6.42 Å². The maximum atomic E-state index is 13.2. The predicted octanol–water partition coefficient (Wildman–Crippen LogP) is 0.280. The molecular formula is C19H22N4O3. The molecule has 3 fully saturated rings. The van der Waals surface area contributed by atoms with E-state index in [2.05, 4.69) is 27.7 Å². The number of hydrogen-bond acceptors (Lipinski definition) is 5. The van der Waals surface area contributed by atoms with E-state index in [4.69, 9.17) is 0 Å². The number of fused-ring (bicyclic) bond motifs is 2. The number of benzene rings is 1. The Balaban J connectivity index is 1.52. The lowest BCUT2D eigenvalue weighted by molar-refractivity contribution is -0.135. The van der Waals surface area contributed by atoms with Crippen molar-refractivity contribution in [3.63, 3.8) is 0 Å². The Morgan fingerprint density at radius 2 is 1.85 bits per heavy atom. The second-order valence-corrected chi connectivity index (χ2v) is 7.66. The molecule has 1 aromatic rings. The zero-order valence-electron chi connectivity index (χ0n) is 14.6. The molecule has 1 aromatic carbocycles. The summed E-state index contributed by atoms with van der Waals surface area (Å²) in [7, 11) is 0. The minimum Gasteiger partial charge on any atom is -0.369 e. The highest BCUT2D eigenvalue weighted by molar-refractivity contribution is 6.15. The molecular weight excluding hydrogens is 332 g/mol. The normalized spacial score (nSPS) is 26.9. The lowest BCUT2D eigenvalue weighted by Gasteiger charge is -2.31. The number of anilines is 2. The van der Waals surface area contributed by atoms with Gasteiger partial charge in [0.25, 0.3) is 0 Å². The minimum atomic E-state index is -0.580. The molecule has 7 heteroatoms. The van der Waals surface area contributed by atoms with E-state index in [-0.39, 0.29) is 24.1 Å². The molecule has 26 heavy (non-hydrogen) atoms. The SMILES string of the molecule is O=C1CCC(N2C(=O)C3(CC3)c3cc(N4CCNCC4)ccc32)C(=O)N1. The summed E-state index contributed by atoms with van der Waals surface area (Å²) in [5.74, 6) is -0.586. The summed E-state index contributed by atoms with van der Waals surface area (Å²) in [5, 5.41) is 5.74. The first-order valence-corrected chi connectivity index (χ1v) is 9.38. The summed E-state index contributed by atoms with van der Waals surface area (Å²) in [4.78, 5) is 41.0. The molecule has 2 N–H and O–H groups in total. The summed E-state index contributed by atoms with van der Waals surface area (Å²) in [6.07, 6.45) is 2.36. The van der Waals surface area contributed by atoms with Crippen LogP contribution < -0.4 is 20.4 Å². The topological polar surface area (TPSA) is 81.8 Å². The smallest absolute Gasteiger partial charge is 0.249 e. The van der Waals surface area contributed by atoms with Gasteiger partial charge in [-0.15, -0.1) is 0 Å². The molecule has 5 rings (SSSR count). The Morgan fingerprint density at radius 3 is 2.54 bits per heavy atom. The number of piperazine rings is 1. The molecule has 1 unspecified atom stereocenters. The fourth-order valence-corrected chi connectivity index (χ4v) is 4.54. The molecule has 2 saturated heterocycles. The summed E-state index contributed by atoms with van der Waals surface area (Å²) < 4.78 is 0. The number of imide groups is 1. The highest BCUT2D eigenvalue weighted by Gasteiger charge is 2.61. The number of rotatable bonds is 2.